The molecular weight excluding hydrogens is 301 g/mol. The third-order valence-electron chi connectivity index (χ3n) is 3.61. The van der Waals surface area contributed by atoms with E-state index in [1.807, 2.05) is 0 Å². The summed E-state index contributed by atoms with van der Waals surface area (Å²) in [5.41, 5.74) is 2.20. The largest absolute Gasteiger partial charge is 0.462 e. The molecule has 0 aromatic heterocycles. The van der Waals surface area contributed by atoms with E-state index < -0.39 is 4.33 Å². The molecule has 1 heterocycles. The van der Waals surface area contributed by atoms with Crippen LogP contribution in [0.4, 0.5) is 5.69 Å². The van der Waals surface area contributed by atoms with Crippen LogP contribution in [0.5, 0.6) is 0 Å². The van der Waals surface area contributed by atoms with E-state index in [2.05, 4.69) is 5.32 Å². The molecule has 0 saturated heterocycles. The van der Waals surface area contributed by atoms with Gasteiger partial charge in [-0.3, -0.25) is 4.79 Å². The van der Waals surface area contributed by atoms with Gasteiger partial charge in [0.15, 0.2) is 0 Å². The van der Waals surface area contributed by atoms with Gasteiger partial charge in [0.25, 0.3) is 0 Å². The summed E-state index contributed by atoms with van der Waals surface area (Å²) in [6.07, 6.45) is 1.73. The van der Waals surface area contributed by atoms with Crippen molar-refractivity contribution in [2.45, 2.75) is 23.6 Å². The molecule has 1 aliphatic heterocycles. The van der Waals surface area contributed by atoms with Crippen molar-refractivity contribution in [3.8, 4) is 0 Å². The maximum Gasteiger partial charge on any atom is 0.338 e. The quantitative estimate of drug-likeness (QED) is 0.689. The highest BCUT2D eigenvalue weighted by molar-refractivity contribution is 6.50. The monoisotopic (exact) mass is 313 g/mol. The molecule has 2 aliphatic rings. The van der Waals surface area contributed by atoms with E-state index in [1.54, 1.807) is 18.2 Å². The predicted octanol–water partition coefficient (Wildman–Crippen LogP) is 2.92. The molecule has 0 unspecified atom stereocenters. The van der Waals surface area contributed by atoms with E-state index in [-0.39, 0.29) is 24.4 Å². The summed E-state index contributed by atoms with van der Waals surface area (Å²) in [5, 5.41) is 2.77. The number of esters is 1. The Bertz CT molecular complexity index is 586. The number of hydrogen-bond acceptors (Lipinski definition) is 3. The number of anilines is 1. The number of benzene rings is 1. The molecule has 106 valence electrons. The Hall–Kier alpha value is -1.26. The Kier molecular flexibility index (Phi) is 3.38. The van der Waals surface area contributed by atoms with Gasteiger partial charge in [-0.1, -0.05) is 0 Å². The lowest BCUT2D eigenvalue weighted by Gasteiger charge is -2.17. The van der Waals surface area contributed by atoms with E-state index in [9.17, 15) is 9.59 Å². The summed E-state index contributed by atoms with van der Waals surface area (Å²) in [6.45, 7) is 0.236. The van der Waals surface area contributed by atoms with Crippen molar-refractivity contribution in [3.05, 3.63) is 29.3 Å². The van der Waals surface area contributed by atoms with Crippen molar-refractivity contribution in [2.24, 2.45) is 5.92 Å². The number of alkyl halides is 2. The molecule has 1 N–H and O–H groups in total. The van der Waals surface area contributed by atoms with Gasteiger partial charge in [-0.2, -0.15) is 0 Å². The van der Waals surface area contributed by atoms with Gasteiger partial charge in [0.2, 0.25) is 5.91 Å². The predicted molar refractivity (Wildman–Crippen MR) is 76.2 cm³/mol. The van der Waals surface area contributed by atoms with Crippen LogP contribution in [0.15, 0.2) is 18.2 Å². The van der Waals surface area contributed by atoms with Gasteiger partial charge in [0.1, 0.15) is 4.33 Å². The lowest BCUT2D eigenvalue weighted by Crippen LogP contribution is -2.19. The van der Waals surface area contributed by atoms with Crippen LogP contribution in [-0.2, 0) is 16.0 Å². The van der Waals surface area contributed by atoms with Gasteiger partial charge < -0.3 is 10.1 Å². The molecule has 4 nitrogen and oxygen atoms in total. The van der Waals surface area contributed by atoms with E-state index in [0.29, 0.717) is 24.8 Å². The van der Waals surface area contributed by atoms with Crippen LogP contribution in [0.25, 0.3) is 0 Å². The van der Waals surface area contributed by atoms with Gasteiger partial charge >= 0.3 is 5.97 Å². The number of carbonyl (C=O) groups is 2. The summed E-state index contributed by atoms with van der Waals surface area (Å²) in [6, 6.07) is 5.14. The second kappa shape index (κ2) is 4.93. The fourth-order valence-corrected chi connectivity index (χ4v) is 2.72. The van der Waals surface area contributed by atoms with Crippen molar-refractivity contribution in [1.82, 2.24) is 0 Å². The van der Waals surface area contributed by atoms with E-state index >= 15 is 0 Å². The molecule has 0 bridgehead atoms. The Morgan fingerprint density at radius 3 is 2.85 bits per heavy atom. The Labute approximate surface area is 126 Å². The highest BCUT2D eigenvalue weighted by Gasteiger charge is 2.52. The summed E-state index contributed by atoms with van der Waals surface area (Å²) in [5.74, 6) is -0.366. The third-order valence-corrected chi connectivity index (χ3v) is 4.53. The number of nitrogens with one attached hydrogen (secondary N) is 1. The number of amides is 1. The maximum atomic E-state index is 11.9. The number of halogens is 2. The zero-order chi connectivity index (χ0) is 14.3. The first kappa shape index (κ1) is 13.7. The number of carbonyl (C=O) groups excluding carboxylic acids is 2. The van der Waals surface area contributed by atoms with Crippen LogP contribution in [0, 0.1) is 5.92 Å². The van der Waals surface area contributed by atoms with Gasteiger partial charge in [0.05, 0.1) is 12.2 Å². The smallest absolute Gasteiger partial charge is 0.338 e. The van der Waals surface area contributed by atoms with Gasteiger partial charge in [-0.15, -0.1) is 23.2 Å². The fourth-order valence-electron chi connectivity index (χ4n) is 2.22. The number of fused-ring (bicyclic) bond motifs is 1. The van der Waals surface area contributed by atoms with Crippen LogP contribution < -0.4 is 5.32 Å². The minimum Gasteiger partial charge on any atom is -0.462 e. The third kappa shape index (κ3) is 2.76. The zero-order valence-corrected chi connectivity index (χ0v) is 12.1. The molecule has 1 aliphatic carbocycles. The van der Waals surface area contributed by atoms with Gasteiger partial charge in [-0.25, -0.2) is 4.79 Å². The number of ether oxygens (including phenoxy) is 1. The zero-order valence-electron chi connectivity index (χ0n) is 10.6. The number of aryl methyl sites for hydroxylation is 1. The standard InChI is InChI=1S/C14H13Cl2NO3/c15-14(16)6-10(14)7-20-13(19)9-1-3-11-8(5-9)2-4-12(18)17-11/h1,3,5,10H,2,4,6-7H2,(H,17,18)/t10-/m0/s1. The molecule has 0 spiro atoms. The summed E-state index contributed by atoms with van der Waals surface area (Å²) >= 11 is 11.8. The van der Waals surface area contributed by atoms with Crippen LogP contribution in [0.1, 0.15) is 28.8 Å². The average Bonchev–Trinajstić information content (AvgIpc) is 3.03. The van der Waals surface area contributed by atoms with Crippen molar-refractivity contribution in [1.29, 1.82) is 0 Å². The lowest BCUT2D eigenvalue weighted by atomic mass is 10.0. The number of rotatable bonds is 3. The summed E-state index contributed by atoms with van der Waals surface area (Å²) < 4.78 is 4.47. The van der Waals surface area contributed by atoms with Crippen LogP contribution in [-0.4, -0.2) is 22.8 Å². The molecule has 0 radical (unpaired) electrons. The Morgan fingerprint density at radius 2 is 2.15 bits per heavy atom. The van der Waals surface area contributed by atoms with Crippen molar-refractivity contribution in [3.63, 3.8) is 0 Å². The van der Waals surface area contributed by atoms with E-state index in [1.165, 1.54) is 0 Å². The molecule has 1 aromatic rings. The minimum absolute atomic E-state index is 0.00197. The van der Waals surface area contributed by atoms with Crippen molar-refractivity contribution in [2.75, 3.05) is 11.9 Å². The van der Waals surface area contributed by atoms with Gasteiger partial charge in [-0.05, 0) is 36.6 Å². The van der Waals surface area contributed by atoms with Crippen LogP contribution in [0.2, 0.25) is 0 Å². The number of hydrogen-bond donors (Lipinski definition) is 1. The maximum absolute atomic E-state index is 11.9. The molecule has 1 amide bonds. The Morgan fingerprint density at radius 1 is 1.40 bits per heavy atom. The van der Waals surface area contributed by atoms with Crippen molar-refractivity contribution < 1.29 is 14.3 Å². The highest BCUT2D eigenvalue weighted by atomic mass is 35.5. The molecule has 1 fully saturated rings. The topological polar surface area (TPSA) is 55.4 Å². The van der Waals surface area contributed by atoms with Crippen LogP contribution in [0.3, 0.4) is 0 Å². The molecule has 1 saturated carbocycles. The van der Waals surface area contributed by atoms with Gasteiger partial charge in [0, 0.05) is 18.0 Å². The normalized spacial score (nSPS) is 22.7. The second-order valence-electron chi connectivity index (χ2n) is 5.18. The SMILES string of the molecule is O=C1CCc2cc(C(=O)OC[C@@H]3CC3(Cl)Cl)ccc2N1. The minimum atomic E-state index is -0.736. The first-order chi connectivity index (χ1) is 9.45. The molecule has 1 atom stereocenters. The lowest BCUT2D eigenvalue weighted by molar-refractivity contribution is -0.116. The van der Waals surface area contributed by atoms with Crippen LogP contribution >= 0.6 is 23.2 Å². The average molecular weight is 314 g/mol. The first-order valence-electron chi connectivity index (χ1n) is 6.43. The molecule has 3 rings (SSSR count). The fraction of sp³-hybridized carbons (Fsp3) is 0.429. The molecule has 6 heteroatoms. The molecule has 20 heavy (non-hydrogen) atoms. The second-order valence-corrected chi connectivity index (χ2v) is 6.72. The molecular formula is C14H13Cl2NO3. The highest BCUT2D eigenvalue weighted by Crippen LogP contribution is 2.53. The van der Waals surface area contributed by atoms with E-state index in [0.717, 1.165) is 11.3 Å². The summed E-state index contributed by atoms with van der Waals surface area (Å²) in [4.78, 5) is 23.2. The first-order valence-corrected chi connectivity index (χ1v) is 7.19. The Balaban J connectivity index is 1.65. The van der Waals surface area contributed by atoms with E-state index in [4.69, 9.17) is 27.9 Å². The summed E-state index contributed by atoms with van der Waals surface area (Å²) in [7, 11) is 0. The van der Waals surface area contributed by atoms with Crippen molar-refractivity contribution >= 4 is 40.8 Å². The molecule has 1 aromatic carbocycles.